The molecule has 4 aromatic rings. The molecule has 1 saturated heterocycles. The fraction of sp³-hybridized carbons (Fsp3) is 0.346. The molecule has 2 aromatic heterocycles. The number of amides is 2. The predicted octanol–water partition coefficient (Wildman–Crippen LogP) is 3.03. The zero-order chi connectivity index (χ0) is 24.4. The molecule has 0 spiro atoms. The van der Waals surface area contributed by atoms with Crippen molar-refractivity contribution in [2.75, 3.05) is 45.2 Å². The Kier molecular flexibility index (Phi) is 6.52. The van der Waals surface area contributed by atoms with Gasteiger partial charge in [0, 0.05) is 38.3 Å². The summed E-state index contributed by atoms with van der Waals surface area (Å²) in [5, 5.41) is 6.71. The number of methoxy groups -OCH3 is 1. The van der Waals surface area contributed by atoms with E-state index in [2.05, 4.69) is 26.6 Å². The van der Waals surface area contributed by atoms with Crippen molar-refractivity contribution in [2.45, 2.75) is 13.0 Å². The quantitative estimate of drug-likeness (QED) is 0.410. The first-order valence-electron chi connectivity index (χ1n) is 11.9. The number of likely N-dealkylation sites (tertiary alicyclic amines) is 1. The number of rotatable bonds is 8. The van der Waals surface area contributed by atoms with Crippen molar-refractivity contribution in [1.29, 1.82) is 0 Å². The number of benzene rings is 2. The van der Waals surface area contributed by atoms with Crippen molar-refractivity contribution in [3.05, 3.63) is 59.1 Å². The van der Waals surface area contributed by atoms with Crippen LogP contribution in [0.3, 0.4) is 0 Å². The molecule has 3 heterocycles. The number of hydrogen-bond donors (Lipinski definition) is 2. The first-order chi connectivity index (χ1) is 17.0. The first kappa shape index (κ1) is 23.1. The minimum absolute atomic E-state index is 0.0877. The summed E-state index contributed by atoms with van der Waals surface area (Å²) in [6, 6.07) is 13.6. The van der Waals surface area contributed by atoms with Gasteiger partial charge in [-0.05, 0) is 54.9 Å². The minimum Gasteiger partial charge on any atom is -0.383 e. The summed E-state index contributed by atoms with van der Waals surface area (Å²) < 4.78 is 8.60. The van der Waals surface area contributed by atoms with Crippen LogP contribution in [0.15, 0.2) is 53.5 Å². The van der Waals surface area contributed by atoms with Crippen LogP contribution in [-0.4, -0.2) is 64.9 Å². The molecular weight excluding hydrogens is 444 g/mol. The van der Waals surface area contributed by atoms with Crippen LogP contribution in [0.1, 0.15) is 6.42 Å². The molecule has 1 fully saturated rings. The lowest BCUT2D eigenvalue weighted by atomic mass is 10.0. The summed E-state index contributed by atoms with van der Waals surface area (Å²) in [6.07, 6.45) is 2.99. The highest BCUT2D eigenvalue weighted by Gasteiger charge is 2.16. The summed E-state index contributed by atoms with van der Waals surface area (Å²) in [5.74, 6) is 0. The number of aryl methyl sites for hydroxylation is 1. The van der Waals surface area contributed by atoms with Gasteiger partial charge in [-0.1, -0.05) is 18.2 Å². The van der Waals surface area contributed by atoms with E-state index >= 15 is 0 Å². The number of carbonyl (C=O) groups excluding carboxylic acids is 1. The molecule has 9 nitrogen and oxygen atoms in total. The molecule has 2 aromatic carbocycles. The number of ether oxygens (including phenoxy) is 1. The second-order valence-electron chi connectivity index (χ2n) is 8.86. The lowest BCUT2D eigenvalue weighted by Crippen LogP contribution is -2.43. The number of anilines is 1. The Morgan fingerprint density at radius 3 is 2.57 bits per heavy atom. The summed E-state index contributed by atoms with van der Waals surface area (Å²) in [7, 11) is 3.39. The van der Waals surface area contributed by atoms with Gasteiger partial charge in [-0.25, -0.2) is 9.59 Å². The summed E-state index contributed by atoms with van der Waals surface area (Å²) in [4.78, 5) is 31.9. The molecule has 0 atom stereocenters. The molecule has 0 radical (unpaired) electrons. The van der Waals surface area contributed by atoms with Gasteiger partial charge in [0.25, 0.3) is 0 Å². The molecule has 0 saturated carbocycles. The fourth-order valence-electron chi connectivity index (χ4n) is 4.50. The van der Waals surface area contributed by atoms with Gasteiger partial charge in [-0.2, -0.15) is 0 Å². The zero-order valence-electron chi connectivity index (χ0n) is 20.1. The molecule has 9 heteroatoms. The third-order valence-corrected chi connectivity index (χ3v) is 6.63. The average molecular weight is 475 g/mol. The molecule has 0 unspecified atom stereocenters. The van der Waals surface area contributed by atoms with Crippen molar-refractivity contribution < 1.29 is 9.53 Å². The standard InChI is InChI=1S/C26H30N6O3/c1-30-23-17-28-22-9-6-19(16-21(22)24(23)32(26(30)34)14-15-35-2)18-4-7-20(8-5-18)29-25(33)27-10-13-31-11-3-12-31/h4-9,16-17H,3,10-15H2,1-2H3,(H2,27,29,33). The Morgan fingerprint density at radius 2 is 1.86 bits per heavy atom. The maximum Gasteiger partial charge on any atom is 0.328 e. The smallest absolute Gasteiger partial charge is 0.328 e. The summed E-state index contributed by atoms with van der Waals surface area (Å²) >= 11 is 0. The Bertz CT molecular complexity index is 1420. The maximum absolute atomic E-state index is 12.8. The maximum atomic E-state index is 12.8. The van der Waals surface area contributed by atoms with Crippen LogP contribution in [0.5, 0.6) is 0 Å². The topological polar surface area (TPSA) is 93.4 Å². The number of aromatic nitrogens is 3. The van der Waals surface area contributed by atoms with E-state index in [-0.39, 0.29) is 11.7 Å². The van der Waals surface area contributed by atoms with Gasteiger partial charge in [0.05, 0.1) is 35.9 Å². The van der Waals surface area contributed by atoms with E-state index < -0.39 is 0 Å². The molecule has 1 aliphatic rings. The van der Waals surface area contributed by atoms with Crippen molar-refractivity contribution in [3.8, 4) is 11.1 Å². The number of imidazole rings is 1. The number of hydrogen-bond acceptors (Lipinski definition) is 5. The van der Waals surface area contributed by atoms with E-state index in [1.807, 2.05) is 36.4 Å². The van der Waals surface area contributed by atoms with Crippen molar-refractivity contribution in [1.82, 2.24) is 24.3 Å². The van der Waals surface area contributed by atoms with Crippen LogP contribution in [0.2, 0.25) is 0 Å². The van der Waals surface area contributed by atoms with Crippen molar-refractivity contribution >= 4 is 33.7 Å². The molecule has 2 N–H and O–H groups in total. The second-order valence-corrected chi connectivity index (χ2v) is 8.86. The van der Waals surface area contributed by atoms with E-state index in [0.29, 0.717) is 19.7 Å². The zero-order valence-corrected chi connectivity index (χ0v) is 20.1. The van der Waals surface area contributed by atoms with E-state index in [1.54, 1.807) is 29.5 Å². The van der Waals surface area contributed by atoms with Crippen molar-refractivity contribution in [2.24, 2.45) is 7.05 Å². The lowest BCUT2D eigenvalue weighted by molar-refractivity contribution is 0.182. The third kappa shape index (κ3) is 4.65. The predicted molar refractivity (Wildman–Crippen MR) is 138 cm³/mol. The van der Waals surface area contributed by atoms with Gasteiger partial charge in [0.15, 0.2) is 0 Å². The highest BCUT2D eigenvalue weighted by Crippen LogP contribution is 2.29. The third-order valence-electron chi connectivity index (χ3n) is 6.63. The Labute approximate surface area is 203 Å². The van der Waals surface area contributed by atoms with Crippen LogP contribution < -0.4 is 16.3 Å². The van der Waals surface area contributed by atoms with E-state index in [4.69, 9.17) is 4.74 Å². The molecule has 0 bridgehead atoms. The minimum atomic E-state index is -0.199. The number of nitrogens with one attached hydrogen (secondary N) is 2. The Morgan fingerprint density at radius 1 is 1.09 bits per heavy atom. The van der Waals surface area contributed by atoms with Crippen LogP contribution in [0, 0.1) is 0 Å². The van der Waals surface area contributed by atoms with E-state index in [1.165, 1.54) is 6.42 Å². The first-order valence-corrected chi connectivity index (χ1v) is 11.9. The molecular formula is C26H30N6O3. The summed E-state index contributed by atoms with van der Waals surface area (Å²) in [5.41, 5.74) is 5.13. The van der Waals surface area contributed by atoms with Gasteiger partial charge in [-0.3, -0.25) is 14.1 Å². The van der Waals surface area contributed by atoms with E-state index in [0.717, 1.165) is 58.4 Å². The number of carbonyl (C=O) groups is 1. The van der Waals surface area contributed by atoms with Crippen molar-refractivity contribution in [3.63, 3.8) is 0 Å². The fourth-order valence-corrected chi connectivity index (χ4v) is 4.50. The van der Waals surface area contributed by atoms with Gasteiger partial charge in [0.2, 0.25) is 0 Å². The molecule has 1 aliphatic heterocycles. The van der Waals surface area contributed by atoms with Crippen LogP contribution in [0.25, 0.3) is 33.1 Å². The molecule has 5 rings (SSSR count). The average Bonchev–Trinajstić information content (AvgIpc) is 3.09. The van der Waals surface area contributed by atoms with Gasteiger partial charge >= 0.3 is 11.7 Å². The van der Waals surface area contributed by atoms with Gasteiger partial charge in [0.1, 0.15) is 0 Å². The number of fused-ring (bicyclic) bond motifs is 3. The van der Waals surface area contributed by atoms with Crippen LogP contribution >= 0.6 is 0 Å². The molecule has 2 amide bonds. The molecule has 182 valence electrons. The highest BCUT2D eigenvalue weighted by atomic mass is 16.5. The number of nitrogens with zero attached hydrogens (tertiary/aromatic N) is 4. The number of pyridine rings is 1. The molecule has 35 heavy (non-hydrogen) atoms. The highest BCUT2D eigenvalue weighted by molar-refractivity contribution is 6.04. The lowest BCUT2D eigenvalue weighted by Gasteiger charge is -2.30. The monoisotopic (exact) mass is 474 g/mol. The van der Waals surface area contributed by atoms with Gasteiger partial charge < -0.3 is 20.3 Å². The SMILES string of the molecule is COCCn1c(=O)n(C)c2cnc3ccc(-c4ccc(NC(=O)NCCN5CCC5)cc4)cc3c21. The number of urea groups is 1. The largest absolute Gasteiger partial charge is 0.383 e. The second kappa shape index (κ2) is 9.89. The summed E-state index contributed by atoms with van der Waals surface area (Å²) in [6.45, 7) is 4.68. The molecule has 0 aliphatic carbocycles. The Balaban J connectivity index is 1.38. The van der Waals surface area contributed by atoms with Crippen LogP contribution in [-0.2, 0) is 18.3 Å². The van der Waals surface area contributed by atoms with E-state index in [9.17, 15) is 9.59 Å². The van der Waals surface area contributed by atoms with Gasteiger partial charge in [-0.15, -0.1) is 0 Å². The van der Waals surface area contributed by atoms with Crippen LogP contribution in [0.4, 0.5) is 10.5 Å². The normalized spacial score (nSPS) is 13.8. The Hall–Kier alpha value is -3.69.